The van der Waals surface area contributed by atoms with Crippen molar-refractivity contribution in [2.75, 3.05) is 6.54 Å². The fourth-order valence-corrected chi connectivity index (χ4v) is 4.65. The van der Waals surface area contributed by atoms with Gasteiger partial charge in [0.15, 0.2) is 0 Å². The Morgan fingerprint density at radius 1 is 1.04 bits per heavy atom. The average Bonchev–Trinajstić information content (AvgIpc) is 3.38. The Balaban J connectivity index is 1.34. The Morgan fingerprint density at radius 3 is 2.50 bits per heavy atom. The monoisotopic (exact) mass is 391 g/mol. The molecule has 6 heteroatoms. The lowest BCUT2D eigenvalue weighted by molar-refractivity contribution is -0.137. The molecule has 2 N–H and O–H groups in total. The van der Waals surface area contributed by atoms with Crippen molar-refractivity contribution in [3.05, 3.63) is 41.9 Å². The molecule has 152 valence electrons. The van der Waals surface area contributed by atoms with Crippen LogP contribution in [0.25, 0.3) is 11.3 Å². The summed E-state index contributed by atoms with van der Waals surface area (Å²) in [5.74, 6) is 2.02. The topological polar surface area (TPSA) is 40.7 Å². The maximum absolute atomic E-state index is 12.9. The van der Waals surface area contributed by atoms with Crippen molar-refractivity contribution in [1.82, 2.24) is 15.3 Å². The van der Waals surface area contributed by atoms with Crippen molar-refractivity contribution in [3.8, 4) is 11.3 Å². The molecule has 1 aromatic carbocycles. The molecular weight excluding hydrogens is 363 g/mol. The first-order valence-electron chi connectivity index (χ1n) is 10.5. The minimum Gasteiger partial charge on any atom is -0.348 e. The van der Waals surface area contributed by atoms with Crippen molar-refractivity contribution in [1.29, 1.82) is 0 Å². The predicted octanol–water partition coefficient (Wildman–Crippen LogP) is 5.90. The van der Waals surface area contributed by atoms with E-state index in [1.807, 2.05) is 0 Å². The number of alkyl halides is 3. The van der Waals surface area contributed by atoms with Gasteiger partial charge in [0.25, 0.3) is 0 Å². The third kappa shape index (κ3) is 4.59. The van der Waals surface area contributed by atoms with E-state index in [2.05, 4.69) is 15.3 Å². The Kier molecular flexibility index (Phi) is 5.76. The Labute approximate surface area is 164 Å². The van der Waals surface area contributed by atoms with Crippen LogP contribution >= 0.6 is 0 Å². The summed E-state index contributed by atoms with van der Waals surface area (Å²) in [5, 5.41) is 3.73. The second-order valence-electron chi connectivity index (χ2n) is 8.36. The van der Waals surface area contributed by atoms with Crippen molar-refractivity contribution < 1.29 is 13.2 Å². The number of nitrogens with zero attached hydrogens (tertiary/aromatic N) is 1. The van der Waals surface area contributed by atoms with Gasteiger partial charge in [0.2, 0.25) is 0 Å². The zero-order valence-corrected chi connectivity index (χ0v) is 16.1. The molecule has 0 radical (unpaired) electrons. The highest BCUT2D eigenvalue weighted by Crippen LogP contribution is 2.36. The molecule has 1 heterocycles. The third-order valence-electron chi connectivity index (χ3n) is 6.37. The molecule has 4 rings (SSSR count). The summed E-state index contributed by atoms with van der Waals surface area (Å²) in [4.78, 5) is 7.84. The highest BCUT2D eigenvalue weighted by molar-refractivity contribution is 5.59. The first-order chi connectivity index (χ1) is 13.5. The Morgan fingerprint density at radius 2 is 1.79 bits per heavy atom. The van der Waals surface area contributed by atoms with Crippen LogP contribution in [0, 0.1) is 5.92 Å². The second kappa shape index (κ2) is 8.27. The number of H-pyrrole nitrogens is 1. The van der Waals surface area contributed by atoms with Crippen LogP contribution in [0.15, 0.2) is 30.5 Å². The molecule has 0 spiro atoms. The lowest BCUT2D eigenvalue weighted by Crippen LogP contribution is -2.32. The molecule has 2 saturated carbocycles. The van der Waals surface area contributed by atoms with Crippen molar-refractivity contribution in [2.45, 2.75) is 69.5 Å². The summed E-state index contributed by atoms with van der Waals surface area (Å²) < 4.78 is 38.8. The Hall–Kier alpha value is -1.82. The van der Waals surface area contributed by atoms with Crippen LogP contribution in [-0.4, -0.2) is 22.6 Å². The van der Waals surface area contributed by atoms with Crippen LogP contribution in [0.3, 0.4) is 0 Å². The summed E-state index contributed by atoms with van der Waals surface area (Å²) in [6.07, 6.45) is 7.31. The fourth-order valence-electron chi connectivity index (χ4n) is 4.65. The van der Waals surface area contributed by atoms with E-state index in [0.29, 0.717) is 17.2 Å². The van der Waals surface area contributed by atoms with Gasteiger partial charge in [-0.1, -0.05) is 25.0 Å². The minimum absolute atomic E-state index is 0.377. The molecule has 28 heavy (non-hydrogen) atoms. The van der Waals surface area contributed by atoms with Gasteiger partial charge in [0, 0.05) is 23.7 Å². The van der Waals surface area contributed by atoms with Crippen LogP contribution in [0.5, 0.6) is 0 Å². The molecule has 0 unspecified atom stereocenters. The van der Waals surface area contributed by atoms with Crippen LogP contribution in [-0.2, 0) is 6.18 Å². The third-order valence-corrected chi connectivity index (χ3v) is 6.37. The first-order valence-corrected chi connectivity index (χ1v) is 10.5. The SMILES string of the molecule is FC(F)(F)c1cccc(-c2c[nH]c(C3CCC(CNC4CCCC4)CC3)n2)c1. The van der Waals surface area contributed by atoms with Gasteiger partial charge < -0.3 is 10.3 Å². The number of nitrogens with one attached hydrogen (secondary N) is 2. The summed E-state index contributed by atoms with van der Waals surface area (Å²) in [6, 6.07) is 6.11. The van der Waals surface area contributed by atoms with Crippen molar-refractivity contribution >= 4 is 0 Å². The first kappa shape index (κ1) is 19.5. The molecule has 0 atom stereocenters. The number of rotatable bonds is 5. The van der Waals surface area contributed by atoms with Gasteiger partial charge in [-0.2, -0.15) is 13.2 Å². The molecule has 0 aliphatic heterocycles. The van der Waals surface area contributed by atoms with Gasteiger partial charge in [-0.25, -0.2) is 4.98 Å². The molecule has 3 nitrogen and oxygen atoms in total. The van der Waals surface area contributed by atoms with E-state index in [1.54, 1.807) is 12.3 Å². The predicted molar refractivity (Wildman–Crippen MR) is 104 cm³/mol. The van der Waals surface area contributed by atoms with E-state index >= 15 is 0 Å². The normalized spacial score (nSPS) is 24.0. The van der Waals surface area contributed by atoms with Gasteiger partial charge in [0.1, 0.15) is 5.82 Å². The lowest BCUT2D eigenvalue weighted by atomic mass is 9.81. The average molecular weight is 391 g/mol. The smallest absolute Gasteiger partial charge is 0.348 e. The number of benzene rings is 1. The molecule has 2 fully saturated rings. The number of hydrogen-bond acceptors (Lipinski definition) is 2. The van der Waals surface area contributed by atoms with E-state index < -0.39 is 11.7 Å². The largest absolute Gasteiger partial charge is 0.416 e. The van der Waals surface area contributed by atoms with Gasteiger partial charge in [-0.3, -0.25) is 0 Å². The van der Waals surface area contributed by atoms with E-state index in [4.69, 9.17) is 0 Å². The van der Waals surface area contributed by atoms with Crippen molar-refractivity contribution in [3.63, 3.8) is 0 Å². The highest BCUT2D eigenvalue weighted by Gasteiger charge is 2.31. The van der Waals surface area contributed by atoms with Gasteiger partial charge in [0.05, 0.1) is 11.3 Å². The summed E-state index contributed by atoms with van der Waals surface area (Å²) in [6.45, 7) is 1.12. The number of hydrogen-bond donors (Lipinski definition) is 2. The number of aromatic nitrogens is 2. The molecular formula is C22H28F3N3. The number of halogens is 3. The molecule has 2 aliphatic carbocycles. The summed E-state index contributed by atoms with van der Waals surface area (Å²) in [5.41, 5.74) is 0.461. The van der Waals surface area contributed by atoms with Crippen LogP contribution < -0.4 is 5.32 Å². The second-order valence-corrected chi connectivity index (χ2v) is 8.36. The van der Waals surface area contributed by atoms with E-state index in [9.17, 15) is 13.2 Å². The zero-order chi connectivity index (χ0) is 19.6. The fraction of sp³-hybridized carbons (Fsp3) is 0.591. The van der Waals surface area contributed by atoms with E-state index in [-0.39, 0.29) is 0 Å². The van der Waals surface area contributed by atoms with Crippen LogP contribution in [0.4, 0.5) is 13.2 Å². The summed E-state index contributed by atoms with van der Waals surface area (Å²) in [7, 11) is 0. The maximum Gasteiger partial charge on any atom is 0.416 e. The highest BCUT2D eigenvalue weighted by atomic mass is 19.4. The van der Waals surface area contributed by atoms with Gasteiger partial charge in [-0.15, -0.1) is 0 Å². The molecule has 0 bridgehead atoms. The van der Waals surface area contributed by atoms with E-state index in [1.165, 1.54) is 50.7 Å². The maximum atomic E-state index is 12.9. The van der Waals surface area contributed by atoms with Gasteiger partial charge in [-0.05, 0) is 63.1 Å². The molecule has 2 aromatic rings. The van der Waals surface area contributed by atoms with E-state index in [0.717, 1.165) is 43.2 Å². The summed E-state index contributed by atoms with van der Waals surface area (Å²) >= 11 is 0. The quantitative estimate of drug-likeness (QED) is 0.666. The molecule has 0 saturated heterocycles. The number of aromatic amines is 1. The molecule has 0 amide bonds. The minimum atomic E-state index is -4.33. The van der Waals surface area contributed by atoms with Crippen molar-refractivity contribution in [2.24, 2.45) is 5.92 Å². The standard InChI is InChI=1S/C22H28F3N3/c23-22(24,25)18-5-3-4-17(12-18)20-14-27-21(28-20)16-10-8-15(9-11-16)13-26-19-6-1-2-7-19/h3-5,12,14-16,19,26H,1-2,6-11,13H2,(H,27,28). The molecule has 2 aliphatic rings. The zero-order valence-electron chi connectivity index (χ0n) is 16.1. The Bertz CT molecular complexity index is 769. The van der Waals surface area contributed by atoms with Gasteiger partial charge >= 0.3 is 6.18 Å². The van der Waals surface area contributed by atoms with Crippen LogP contribution in [0.2, 0.25) is 0 Å². The number of imidazole rings is 1. The van der Waals surface area contributed by atoms with Crippen LogP contribution in [0.1, 0.15) is 68.7 Å². The lowest BCUT2D eigenvalue weighted by Gasteiger charge is -2.28. The molecule has 1 aromatic heterocycles.